The number of halogens is 9. The van der Waals surface area contributed by atoms with Crippen molar-refractivity contribution in [2.75, 3.05) is 26.2 Å². The summed E-state index contributed by atoms with van der Waals surface area (Å²) in [5.41, 5.74) is -4.65. The first-order valence-corrected chi connectivity index (χ1v) is 10.6. The summed E-state index contributed by atoms with van der Waals surface area (Å²) in [6.07, 6.45) is -14.8. The first-order valence-electron chi connectivity index (χ1n) is 10.6. The minimum absolute atomic E-state index is 0.0122. The fourth-order valence-electron chi connectivity index (χ4n) is 3.97. The maximum atomic E-state index is 13.1. The molecular weight excluding hydrogens is 521 g/mol. The number of nitrogens with zero attached hydrogens (tertiary/aromatic N) is 2. The van der Waals surface area contributed by atoms with Crippen LogP contribution in [0.4, 0.5) is 39.5 Å². The van der Waals surface area contributed by atoms with Crippen LogP contribution in [0.3, 0.4) is 0 Å². The lowest BCUT2D eigenvalue weighted by molar-refractivity contribution is -0.143. The van der Waals surface area contributed by atoms with Crippen molar-refractivity contribution >= 4 is 22.7 Å². The van der Waals surface area contributed by atoms with Crippen molar-refractivity contribution in [1.82, 2.24) is 14.8 Å². The zero-order chi connectivity index (χ0) is 27.3. The van der Waals surface area contributed by atoms with E-state index in [0.29, 0.717) is 12.1 Å². The lowest BCUT2D eigenvalue weighted by atomic mass is 10.0. The standard InChI is InChI=1S/C23H16F9N3O2/c24-21(25,26)14-1-2-17-12(7-14)10-18(33-17)20(37)35-5-3-34(4-6-35)19(36)13-8-15(22(27,28)29)11-16(9-13)23(30,31)32/h1-2,7-11,33H,3-6H2. The van der Waals surface area contributed by atoms with Crippen molar-refractivity contribution in [1.29, 1.82) is 0 Å². The van der Waals surface area contributed by atoms with Gasteiger partial charge in [0.05, 0.1) is 16.7 Å². The smallest absolute Gasteiger partial charge is 0.351 e. The SMILES string of the molecule is O=C(c1cc(C(F)(F)F)cc(C(F)(F)F)c1)N1CCN(C(=O)c2cc3cc(C(F)(F)F)ccc3[nH]2)CC1. The largest absolute Gasteiger partial charge is 0.416 e. The van der Waals surface area contributed by atoms with E-state index in [4.69, 9.17) is 0 Å². The molecule has 0 atom stereocenters. The van der Waals surface area contributed by atoms with Crippen molar-refractivity contribution in [2.45, 2.75) is 18.5 Å². The van der Waals surface area contributed by atoms with Gasteiger partial charge < -0.3 is 14.8 Å². The van der Waals surface area contributed by atoms with Gasteiger partial charge in [0.1, 0.15) is 5.69 Å². The van der Waals surface area contributed by atoms with Gasteiger partial charge >= 0.3 is 18.5 Å². The minimum Gasteiger partial charge on any atom is -0.351 e. The Kier molecular flexibility index (Phi) is 6.41. The fraction of sp³-hybridized carbons (Fsp3) is 0.304. The number of hydrogen-bond acceptors (Lipinski definition) is 2. The number of benzene rings is 2. The van der Waals surface area contributed by atoms with Gasteiger partial charge in [-0.15, -0.1) is 0 Å². The number of H-pyrrole nitrogens is 1. The molecule has 1 fully saturated rings. The van der Waals surface area contributed by atoms with E-state index in [1.54, 1.807) is 0 Å². The Morgan fingerprint density at radius 3 is 1.59 bits per heavy atom. The van der Waals surface area contributed by atoms with Crippen LogP contribution in [0.15, 0.2) is 42.5 Å². The molecule has 0 aliphatic carbocycles. The number of aromatic nitrogens is 1. The first-order chi connectivity index (χ1) is 17.0. The van der Waals surface area contributed by atoms with Gasteiger partial charge in [-0.2, -0.15) is 39.5 Å². The fourth-order valence-corrected chi connectivity index (χ4v) is 3.97. The van der Waals surface area contributed by atoms with Crippen LogP contribution in [0.5, 0.6) is 0 Å². The molecule has 2 aromatic carbocycles. The maximum absolute atomic E-state index is 13.1. The third kappa shape index (κ3) is 5.52. The van der Waals surface area contributed by atoms with Gasteiger partial charge in [0.25, 0.3) is 11.8 Å². The van der Waals surface area contributed by atoms with Crippen LogP contribution in [0.1, 0.15) is 37.5 Å². The molecule has 0 saturated carbocycles. The van der Waals surface area contributed by atoms with Gasteiger partial charge in [-0.1, -0.05) is 0 Å². The normalized spacial score (nSPS) is 15.4. The highest BCUT2D eigenvalue weighted by Gasteiger charge is 2.38. The molecule has 1 aliphatic heterocycles. The van der Waals surface area contributed by atoms with Crippen LogP contribution < -0.4 is 0 Å². The van der Waals surface area contributed by atoms with Crippen molar-refractivity contribution in [3.8, 4) is 0 Å². The molecule has 14 heteroatoms. The molecule has 0 radical (unpaired) electrons. The van der Waals surface area contributed by atoms with Crippen molar-refractivity contribution in [3.05, 3.63) is 70.4 Å². The Balaban J connectivity index is 1.49. The van der Waals surface area contributed by atoms with Crippen LogP contribution in [-0.4, -0.2) is 52.8 Å². The number of fused-ring (bicyclic) bond motifs is 1. The maximum Gasteiger partial charge on any atom is 0.416 e. The van der Waals surface area contributed by atoms with Crippen LogP contribution in [-0.2, 0) is 18.5 Å². The van der Waals surface area contributed by atoms with Gasteiger partial charge in [0.15, 0.2) is 0 Å². The quantitative estimate of drug-likeness (QED) is 0.419. The average Bonchev–Trinajstić information content (AvgIpc) is 3.25. The summed E-state index contributed by atoms with van der Waals surface area (Å²) < 4.78 is 117. The van der Waals surface area contributed by atoms with E-state index in [-0.39, 0.29) is 48.8 Å². The minimum atomic E-state index is -5.11. The summed E-state index contributed by atoms with van der Waals surface area (Å²) in [4.78, 5) is 30.6. The van der Waals surface area contributed by atoms with Crippen LogP contribution >= 0.6 is 0 Å². The molecule has 5 nitrogen and oxygen atoms in total. The third-order valence-electron chi connectivity index (χ3n) is 5.87. The molecule has 4 rings (SSSR count). The average molecular weight is 537 g/mol. The predicted octanol–water partition coefficient (Wildman–Crippen LogP) is 5.82. The summed E-state index contributed by atoms with van der Waals surface area (Å²) in [6.45, 7) is -0.557. The number of piperazine rings is 1. The highest BCUT2D eigenvalue weighted by molar-refractivity contribution is 5.99. The Hall–Kier alpha value is -3.71. The van der Waals surface area contributed by atoms with Gasteiger partial charge in [-0.3, -0.25) is 9.59 Å². The van der Waals surface area contributed by atoms with Gasteiger partial charge in [0.2, 0.25) is 0 Å². The topological polar surface area (TPSA) is 56.4 Å². The van der Waals surface area contributed by atoms with Crippen LogP contribution in [0.2, 0.25) is 0 Å². The Bertz CT molecular complexity index is 1320. The molecule has 198 valence electrons. The zero-order valence-electron chi connectivity index (χ0n) is 18.5. The second kappa shape index (κ2) is 8.99. The van der Waals surface area contributed by atoms with E-state index < -0.39 is 52.6 Å². The summed E-state index contributed by atoms with van der Waals surface area (Å²) >= 11 is 0. The van der Waals surface area contributed by atoms with Crippen molar-refractivity contribution < 1.29 is 49.1 Å². The zero-order valence-corrected chi connectivity index (χ0v) is 18.5. The molecule has 0 unspecified atom stereocenters. The lowest BCUT2D eigenvalue weighted by Gasteiger charge is -2.34. The van der Waals surface area contributed by atoms with E-state index in [2.05, 4.69) is 4.98 Å². The van der Waals surface area contributed by atoms with E-state index in [9.17, 15) is 49.1 Å². The highest BCUT2D eigenvalue weighted by atomic mass is 19.4. The third-order valence-corrected chi connectivity index (χ3v) is 5.87. The molecule has 1 saturated heterocycles. The van der Waals surface area contributed by atoms with Crippen molar-refractivity contribution in [3.63, 3.8) is 0 Å². The molecule has 37 heavy (non-hydrogen) atoms. The van der Waals surface area contributed by atoms with Gasteiger partial charge in [-0.25, -0.2) is 0 Å². The van der Waals surface area contributed by atoms with E-state index in [1.807, 2.05) is 0 Å². The Morgan fingerprint density at radius 1 is 0.622 bits per heavy atom. The molecule has 2 amide bonds. The predicted molar refractivity (Wildman–Crippen MR) is 112 cm³/mol. The lowest BCUT2D eigenvalue weighted by Crippen LogP contribution is -2.50. The van der Waals surface area contributed by atoms with E-state index >= 15 is 0 Å². The van der Waals surface area contributed by atoms with E-state index in [1.165, 1.54) is 17.0 Å². The number of amides is 2. The second-order valence-corrected chi connectivity index (χ2v) is 8.36. The molecule has 1 aromatic heterocycles. The summed E-state index contributed by atoms with van der Waals surface area (Å²) in [6, 6.07) is 4.76. The van der Waals surface area contributed by atoms with Gasteiger partial charge in [0, 0.05) is 42.6 Å². The molecule has 1 N–H and O–H groups in total. The molecule has 3 aromatic rings. The van der Waals surface area contributed by atoms with Crippen LogP contribution in [0, 0.1) is 0 Å². The number of nitrogens with one attached hydrogen (secondary N) is 1. The molecule has 1 aliphatic rings. The number of aromatic amines is 1. The number of alkyl halides is 9. The summed E-state index contributed by atoms with van der Waals surface area (Å²) in [7, 11) is 0. The van der Waals surface area contributed by atoms with Crippen LogP contribution in [0.25, 0.3) is 10.9 Å². The number of rotatable bonds is 2. The number of hydrogen-bond donors (Lipinski definition) is 1. The summed E-state index contributed by atoms with van der Waals surface area (Å²) in [5.74, 6) is -1.65. The first kappa shape index (κ1) is 26.4. The summed E-state index contributed by atoms with van der Waals surface area (Å²) in [5, 5.41) is 0.150. The molecule has 2 heterocycles. The van der Waals surface area contributed by atoms with E-state index in [0.717, 1.165) is 17.0 Å². The Labute approximate surface area is 202 Å². The van der Waals surface area contributed by atoms with Gasteiger partial charge in [-0.05, 0) is 42.5 Å². The molecule has 0 spiro atoms. The second-order valence-electron chi connectivity index (χ2n) is 8.36. The monoisotopic (exact) mass is 537 g/mol. The number of carbonyl (C=O) groups is 2. The molecular formula is C23H16F9N3O2. The highest BCUT2D eigenvalue weighted by Crippen LogP contribution is 2.37. The Morgan fingerprint density at radius 2 is 1.11 bits per heavy atom. The molecule has 0 bridgehead atoms. The number of carbonyl (C=O) groups excluding carboxylic acids is 2. The van der Waals surface area contributed by atoms with Crippen molar-refractivity contribution in [2.24, 2.45) is 0 Å².